The Hall–Kier alpha value is -1.10. The van der Waals surface area contributed by atoms with Gasteiger partial charge in [-0.2, -0.15) is 0 Å². The Labute approximate surface area is 143 Å². The lowest BCUT2D eigenvalue weighted by molar-refractivity contribution is -0.211. The molecule has 4 saturated heterocycles. The number of anilines is 1. The lowest BCUT2D eigenvalue weighted by Crippen LogP contribution is -2.72. The number of likely N-dealkylation sites (N-methyl/N-ethyl adjacent to an activating group) is 1. The van der Waals surface area contributed by atoms with Gasteiger partial charge in [0, 0.05) is 42.1 Å². The number of benzene rings is 1. The normalized spacial score (nSPS) is 55.8. The van der Waals surface area contributed by atoms with E-state index in [2.05, 4.69) is 48.0 Å². The van der Waals surface area contributed by atoms with Gasteiger partial charge in [-0.1, -0.05) is 25.1 Å². The molecule has 0 radical (unpaired) electrons. The zero-order chi connectivity index (χ0) is 16.4. The highest BCUT2D eigenvalue weighted by Gasteiger charge is 2.76. The molecule has 4 heteroatoms. The van der Waals surface area contributed by atoms with E-state index >= 15 is 0 Å². The standard InChI is InChI=1S/C20H26N2O2/c1-3-10-11-8-14-17-20(12-6-4-5-7-13(12)21(17)2)9-15(16(11)18(20)23)22(14)19(10)24/h4-7,10-11,14-19,23-24H,3,8-9H2,1-2H3/t10-,11-,14?,15-,16?,17-,18+,19+,20+/m0/s1. The van der Waals surface area contributed by atoms with Crippen molar-refractivity contribution in [2.45, 2.75) is 62.1 Å². The van der Waals surface area contributed by atoms with Gasteiger partial charge in [-0.3, -0.25) is 4.90 Å². The van der Waals surface area contributed by atoms with Crippen LogP contribution in [0.15, 0.2) is 24.3 Å². The molecule has 10 atom stereocenters. The molecule has 5 bridgehead atoms. The molecule has 2 N–H and O–H groups in total. The minimum Gasteiger partial charge on any atom is -0.392 e. The second kappa shape index (κ2) is 4.17. The average molecular weight is 326 g/mol. The smallest absolute Gasteiger partial charge is 0.111 e. The predicted molar refractivity (Wildman–Crippen MR) is 91.7 cm³/mol. The van der Waals surface area contributed by atoms with Crippen molar-refractivity contribution in [3.8, 4) is 0 Å². The van der Waals surface area contributed by atoms with Crippen LogP contribution in [0.3, 0.4) is 0 Å². The van der Waals surface area contributed by atoms with Crippen LogP contribution in [0.1, 0.15) is 31.7 Å². The van der Waals surface area contributed by atoms with E-state index in [4.69, 9.17) is 0 Å². The molecule has 24 heavy (non-hydrogen) atoms. The Morgan fingerprint density at radius 2 is 2.00 bits per heavy atom. The molecule has 7 rings (SSSR count). The summed E-state index contributed by atoms with van der Waals surface area (Å²) in [6.07, 6.45) is 2.56. The Balaban J connectivity index is 1.60. The quantitative estimate of drug-likeness (QED) is 0.822. The minimum absolute atomic E-state index is 0.126. The Morgan fingerprint density at radius 1 is 1.21 bits per heavy atom. The van der Waals surface area contributed by atoms with Crippen molar-refractivity contribution >= 4 is 5.69 Å². The number of para-hydroxylation sites is 1. The van der Waals surface area contributed by atoms with Gasteiger partial charge in [0.1, 0.15) is 6.23 Å². The highest BCUT2D eigenvalue weighted by atomic mass is 16.3. The van der Waals surface area contributed by atoms with Crippen molar-refractivity contribution in [1.29, 1.82) is 0 Å². The Bertz CT molecular complexity index is 723. The first-order valence-corrected chi connectivity index (χ1v) is 9.57. The maximum Gasteiger partial charge on any atom is 0.111 e. The van der Waals surface area contributed by atoms with E-state index in [1.165, 1.54) is 11.3 Å². The Morgan fingerprint density at radius 3 is 2.79 bits per heavy atom. The lowest BCUT2D eigenvalue weighted by Gasteiger charge is -2.62. The number of aliphatic hydroxyl groups excluding tert-OH is 2. The van der Waals surface area contributed by atoms with Gasteiger partial charge in [0.25, 0.3) is 0 Å². The topological polar surface area (TPSA) is 46.9 Å². The fraction of sp³-hybridized carbons (Fsp3) is 0.700. The summed E-state index contributed by atoms with van der Waals surface area (Å²) in [5.41, 5.74) is 2.51. The van der Waals surface area contributed by atoms with Crippen LogP contribution in [0.2, 0.25) is 0 Å². The number of hydrogen-bond acceptors (Lipinski definition) is 4. The first-order chi connectivity index (χ1) is 11.6. The summed E-state index contributed by atoms with van der Waals surface area (Å²) in [7, 11) is 2.19. The second-order valence-corrected chi connectivity index (χ2v) is 8.81. The summed E-state index contributed by atoms with van der Waals surface area (Å²) in [6, 6.07) is 9.70. The first-order valence-electron chi connectivity index (χ1n) is 9.57. The fourth-order valence-corrected chi connectivity index (χ4v) is 7.88. The molecule has 5 aliphatic heterocycles. The van der Waals surface area contributed by atoms with Gasteiger partial charge >= 0.3 is 0 Å². The molecule has 1 spiro atoms. The van der Waals surface area contributed by atoms with Crippen LogP contribution in [0, 0.1) is 17.8 Å². The number of fused-ring (bicyclic) bond motifs is 2. The summed E-state index contributed by atoms with van der Waals surface area (Å²) < 4.78 is 0. The third-order valence-corrected chi connectivity index (χ3v) is 8.46. The molecule has 3 unspecified atom stereocenters. The van der Waals surface area contributed by atoms with E-state index in [1.54, 1.807) is 0 Å². The number of rotatable bonds is 1. The maximum atomic E-state index is 11.6. The zero-order valence-corrected chi connectivity index (χ0v) is 14.3. The number of nitrogens with zero attached hydrogens (tertiary/aromatic N) is 2. The molecule has 4 nitrogen and oxygen atoms in total. The summed E-state index contributed by atoms with van der Waals surface area (Å²) in [4.78, 5) is 4.83. The molecule has 1 saturated carbocycles. The van der Waals surface area contributed by atoms with Crippen LogP contribution in [-0.2, 0) is 5.41 Å². The van der Waals surface area contributed by atoms with Gasteiger partial charge in [0.15, 0.2) is 0 Å². The van der Waals surface area contributed by atoms with E-state index in [0.717, 1.165) is 19.3 Å². The van der Waals surface area contributed by atoms with Crippen molar-refractivity contribution < 1.29 is 10.2 Å². The molecule has 1 aromatic carbocycles. The van der Waals surface area contributed by atoms with Crippen molar-refractivity contribution in [1.82, 2.24) is 4.90 Å². The molecule has 6 aliphatic rings. The molecular formula is C20H26N2O2. The molecule has 0 aromatic heterocycles. The van der Waals surface area contributed by atoms with Crippen LogP contribution >= 0.6 is 0 Å². The Kier molecular flexibility index (Phi) is 2.45. The van der Waals surface area contributed by atoms with Crippen LogP contribution in [0.5, 0.6) is 0 Å². The largest absolute Gasteiger partial charge is 0.392 e. The third kappa shape index (κ3) is 1.20. The van der Waals surface area contributed by atoms with Gasteiger partial charge in [-0.25, -0.2) is 0 Å². The monoisotopic (exact) mass is 326 g/mol. The lowest BCUT2D eigenvalue weighted by atomic mass is 9.62. The van der Waals surface area contributed by atoms with Gasteiger partial charge in [0.05, 0.1) is 12.1 Å². The van der Waals surface area contributed by atoms with Crippen LogP contribution in [0.25, 0.3) is 0 Å². The summed E-state index contributed by atoms with van der Waals surface area (Å²) in [6.45, 7) is 2.19. The van der Waals surface area contributed by atoms with E-state index in [1.807, 2.05) is 0 Å². The van der Waals surface area contributed by atoms with Gasteiger partial charge in [0.2, 0.25) is 0 Å². The van der Waals surface area contributed by atoms with Crippen LogP contribution in [0.4, 0.5) is 5.69 Å². The predicted octanol–water partition coefficient (Wildman–Crippen LogP) is 1.55. The van der Waals surface area contributed by atoms with E-state index in [-0.39, 0.29) is 17.7 Å². The average Bonchev–Trinajstić information content (AvgIpc) is 2.97. The molecule has 128 valence electrons. The molecule has 0 amide bonds. The molecule has 1 aromatic rings. The molecule has 1 aliphatic carbocycles. The number of aliphatic hydroxyl groups is 2. The van der Waals surface area contributed by atoms with Gasteiger partial charge in [-0.15, -0.1) is 0 Å². The van der Waals surface area contributed by atoms with Crippen molar-refractivity contribution in [2.24, 2.45) is 17.8 Å². The van der Waals surface area contributed by atoms with Crippen molar-refractivity contribution in [2.75, 3.05) is 11.9 Å². The minimum atomic E-state index is -0.319. The van der Waals surface area contributed by atoms with Gasteiger partial charge < -0.3 is 15.1 Å². The summed E-state index contributed by atoms with van der Waals surface area (Å²) in [5, 5.41) is 22.6. The van der Waals surface area contributed by atoms with E-state index in [9.17, 15) is 10.2 Å². The van der Waals surface area contributed by atoms with Crippen molar-refractivity contribution in [3.05, 3.63) is 29.8 Å². The highest BCUT2D eigenvalue weighted by molar-refractivity contribution is 5.67. The molecular weight excluding hydrogens is 300 g/mol. The molecule has 5 fully saturated rings. The van der Waals surface area contributed by atoms with Crippen LogP contribution < -0.4 is 4.90 Å². The molecule has 5 heterocycles. The third-order valence-electron chi connectivity index (χ3n) is 8.46. The van der Waals surface area contributed by atoms with Gasteiger partial charge in [-0.05, 0) is 36.8 Å². The first kappa shape index (κ1) is 14.1. The van der Waals surface area contributed by atoms with Crippen molar-refractivity contribution in [3.63, 3.8) is 0 Å². The van der Waals surface area contributed by atoms with Crippen LogP contribution in [-0.4, -0.2) is 52.6 Å². The second-order valence-electron chi connectivity index (χ2n) is 8.81. The summed E-state index contributed by atoms with van der Waals surface area (Å²) in [5.74, 6) is 1.14. The SMILES string of the molecule is CC[C@H]1[C@@H]2CC3[C@@H]4N(C)c5ccccc5[C@]45C[C@@H](C2[C@H]5O)N3[C@@H]1O. The van der Waals surface area contributed by atoms with E-state index in [0.29, 0.717) is 35.9 Å². The number of hydrogen-bond donors (Lipinski definition) is 2. The highest BCUT2D eigenvalue weighted by Crippen LogP contribution is 2.68. The number of piperidine rings is 4. The zero-order valence-electron chi connectivity index (χ0n) is 14.3. The summed E-state index contributed by atoms with van der Waals surface area (Å²) >= 11 is 0. The van der Waals surface area contributed by atoms with E-state index < -0.39 is 0 Å². The maximum absolute atomic E-state index is 11.6. The fourth-order valence-electron chi connectivity index (χ4n) is 7.88.